The van der Waals surface area contributed by atoms with Crippen molar-refractivity contribution in [3.63, 3.8) is 0 Å². The highest BCUT2D eigenvalue weighted by atomic mass is 16.5. The highest BCUT2D eigenvalue weighted by Gasteiger charge is 2.43. The van der Waals surface area contributed by atoms with E-state index in [1.54, 1.807) is 14.2 Å². The van der Waals surface area contributed by atoms with E-state index in [4.69, 9.17) is 14.2 Å². The number of likely N-dealkylation sites (N-methyl/N-ethyl adjacent to an activating group) is 1. The predicted octanol–water partition coefficient (Wildman–Crippen LogP) is 2.15. The monoisotopic (exact) mass is 293 g/mol. The van der Waals surface area contributed by atoms with Crippen LogP contribution in [0.4, 0.5) is 0 Å². The molecule has 0 spiro atoms. The van der Waals surface area contributed by atoms with Crippen molar-refractivity contribution in [1.29, 1.82) is 0 Å². The van der Waals surface area contributed by atoms with Gasteiger partial charge >= 0.3 is 5.97 Å². The van der Waals surface area contributed by atoms with Crippen LogP contribution in [-0.4, -0.2) is 38.9 Å². The van der Waals surface area contributed by atoms with E-state index in [1.807, 2.05) is 24.3 Å². The van der Waals surface area contributed by atoms with Gasteiger partial charge in [-0.1, -0.05) is 12.1 Å². The lowest BCUT2D eigenvalue weighted by Gasteiger charge is -2.38. The first-order valence-electron chi connectivity index (χ1n) is 7.22. The van der Waals surface area contributed by atoms with E-state index in [9.17, 15) is 4.79 Å². The second-order valence-electron chi connectivity index (χ2n) is 5.31. The third-order valence-corrected chi connectivity index (χ3v) is 4.12. The molecule has 0 heterocycles. The van der Waals surface area contributed by atoms with Crippen molar-refractivity contribution in [2.24, 2.45) is 0 Å². The molecule has 2 unspecified atom stereocenters. The van der Waals surface area contributed by atoms with Crippen molar-refractivity contribution in [2.45, 2.75) is 37.3 Å². The van der Waals surface area contributed by atoms with Gasteiger partial charge in [0.25, 0.3) is 0 Å². The lowest BCUT2D eigenvalue weighted by Crippen LogP contribution is -2.55. The summed E-state index contributed by atoms with van der Waals surface area (Å²) in [5.74, 6) is 1.19. The Morgan fingerprint density at radius 2 is 2.00 bits per heavy atom. The van der Waals surface area contributed by atoms with E-state index < -0.39 is 5.54 Å². The summed E-state index contributed by atoms with van der Waals surface area (Å²) in [6.45, 7) is 0. The van der Waals surface area contributed by atoms with Crippen molar-refractivity contribution in [1.82, 2.24) is 5.32 Å². The van der Waals surface area contributed by atoms with Crippen molar-refractivity contribution in [3.8, 4) is 11.5 Å². The number of ether oxygens (including phenoxy) is 3. The average Bonchev–Trinajstić information content (AvgIpc) is 2.54. The Hall–Kier alpha value is -1.75. The Balaban J connectivity index is 2.12. The average molecular weight is 293 g/mol. The standard InChI is InChI=1S/C16H23NO4/c1-17-16(15(18)20-3)10-6-7-12(11-16)21-14-9-5-4-8-13(14)19-2/h4-5,8-9,12,17H,6-7,10-11H2,1-3H3. The molecule has 1 aliphatic rings. The summed E-state index contributed by atoms with van der Waals surface area (Å²) in [4.78, 5) is 12.1. The van der Waals surface area contributed by atoms with Crippen LogP contribution in [0.2, 0.25) is 0 Å². The molecule has 5 heteroatoms. The maximum Gasteiger partial charge on any atom is 0.326 e. The van der Waals surface area contributed by atoms with Gasteiger partial charge in [0, 0.05) is 6.42 Å². The van der Waals surface area contributed by atoms with Crippen LogP contribution in [0.1, 0.15) is 25.7 Å². The highest BCUT2D eigenvalue weighted by Crippen LogP contribution is 2.34. The van der Waals surface area contributed by atoms with Crippen LogP contribution in [0.25, 0.3) is 0 Å². The molecule has 116 valence electrons. The number of esters is 1. The maximum absolute atomic E-state index is 12.1. The first-order chi connectivity index (χ1) is 10.1. The fourth-order valence-electron chi connectivity index (χ4n) is 2.93. The lowest BCUT2D eigenvalue weighted by atomic mass is 9.80. The van der Waals surface area contributed by atoms with E-state index in [1.165, 1.54) is 7.11 Å². The van der Waals surface area contributed by atoms with Crippen LogP contribution in [-0.2, 0) is 9.53 Å². The van der Waals surface area contributed by atoms with Gasteiger partial charge in [0.2, 0.25) is 0 Å². The zero-order valence-electron chi connectivity index (χ0n) is 12.8. The quantitative estimate of drug-likeness (QED) is 0.843. The molecule has 1 aliphatic carbocycles. The Kier molecular flexibility index (Phi) is 5.07. The van der Waals surface area contributed by atoms with Crippen molar-refractivity contribution in [3.05, 3.63) is 24.3 Å². The zero-order chi connectivity index (χ0) is 15.3. The third kappa shape index (κ3) is 3.29. The first kappa shape index (κ1) is 15.6. The summed E-state index contributed by atoms with van der Waals surface area (Å²) < 4.78 is 16.3. The Bertz CT molecular complexity index is 491. The molecule has 1 fully saturated rings. The van der Waals surface area contributed by atoms with Gasteiger partial charge in [0.05, 0.1) is 14.2 Å². The molecule has 1 saturated carbocycles. The molecular formula is C16H23NO4. The van der Waals surface area contributed by atoms with Gasteiger partial charge in [-0.15, -0.1) is 0 Å². The Labute approximate surface area is 125 Å². The molecule has 1 N–H and O–H groups in total. The number of nitrogens with one attached hydrogen (secondary N) is 1. The van der Waals surface area contributed by atoms with Gasteiger partial charge in [-0.25, -0.2) is 0 Å². The van der Waals surface area contributed by atoms with Gasteiger partial charge in [-0.05, 0) is 38.4 Å². The molecule has 21 heavy (non-hydrogen) atoms. The number of carbonyl (C=O) groups is 1. The number of para-hydroxylation sites is 2. The molecule has 0 amide bonds. The number of rotatable bonds is 5. The van der Waals surface area contributed by atoms with Gasteiger partial charge in [0.15, 0.2) is 11.5 Å². The summed E-state index contributed by atoms with van der Waals surface area (Å²) in [5, 5.41) is 3.13. The fourth-order valence-corrected chi connectivity index (χ4v) is 2.93. The number of methoxy groups -OCH3 is 2. The largest absolute Gasteiger partial charge is 0.493 e. The predicted molar refractivity (Wildman–Crippen MR) is 79.7 cm³/mol. The Morgan fingerprint density at radius 3 is 2.62 bits per heavy atom. The summed E-state index contributed by atoms with van der Waals surface area (Å²) in [6.07, 6.45) is 3.14. The third-order valence-electron chi connectivity index (χ3n) is 4.12. The van der Waals surface area contributed by atoms with E-state index in [0.29, 0.717) is 17.9 Å². The normalized spacial score (nSPS) is 25.2. The molecule has 2 atom stereocenters. The van der Waals surface area contributed by atoms with E-state index in [2.05, 4.69) is 5.32 Å². The van der Waals surface area contributed by atoms with Gasteiger partial charge in [-0.2, -0.15) is 0 Å². The van der Waals surface area contributed by atoms with Crippen molar-refractivity contribution in [2.75, 3.05) is 21.3 Å². The summed E-state index contributed by atoms with van der Waals surface area (Å²) in [7, 11) is 4.84. The highest BCUT2D eigenvalue weighted by molar-refractivity contribution is 5.81. The minimum Gasteiger partial charge on any atom is -0.493 e. The molecule has 1 aromatic rings. The van der Waals surface area contributed by atoms with E-state index in [-0.39, 0.29) is 12.1 Å². The zero-order valence-corrected chi connectivity index (χ0v) is 12.8. The van der Waals surface area contributed by atoms with E-state index in [0.717, 1.165) is 19.3 Å². The van der Waals surface area contributed by atoms with Gasteiger partial charge < -0.3 is 19.5 Å². The Morgan fingerprint density at radius 1 is 1.29 bits per heavy atom. The summed E-state index contributed by atoms with van der Waals surface area (Å²) in [5.41, 5.74) is -0.653. The van der Waals surface area contributed by atoms with Crippen LogP contribution in [0.15, 0.2) is 24.3 Å². The SMILES string of the molecule is CNC1(C(=O)OC)CCCC(Oc2ccccc2OC)C1. The molecule has 0 saturated heterocycles. The van der Waals surface area contributed by atoms with Crippen molar-refractivity contribution >= 4 is 5.97 Å². The van der Waals surface area contributed by atoms with Crippen LogP contribution < -0.4 is 14.8 Å². The smallest absolute Gasteiger partial charge is 0.326 e. The molecule has 0 aromatic heterocycles. The van der Waals surface area contributed by atoms with Crippen LogP contribution in [0, 0.1) is 0 Å². The van der Waals surface area contributed by atoms with Gasteiger partial charge in [-0.3, -0.25) is 4.79 Å². The molecule has 5 nitrogen and oxygen atoms in total. The number of hydrogen-bond acceptors (Lipinski definition) is 5. The lowest BCUT2D eigenvalue weighted by molar-refractivity contribution is -0.151. The fraction of sp³-hybridized carbons (Fsp3) is 0.562. The summed E-state index contributed by atoms with van der Waals surface area (Å²) in [6, 6.07) is 7.56. The van der Waals surface area contributed by atoms with Gasteiger partial charge in [0.1, 0.15) is 11.6 Å². The minimum atomic E-state index is -0.653. The number of benzene rings is 1. The number of hydrogen-bond donors (Lipinski definition) is 1. The molecular weight excluding hydrogens is 270 g/mol. The molecule has 2 rings (SSSR count). The molecule has 1 aromatic carbocycles. The second kappa shape index (κ2) is 6.80. The van der Waals surface area contributed by atoms with Crippen LogP contribution in [0.5, 0.6) is 11.5 Å². The molecule has 0 radical (unpaired) electrons. The maximum atomic E-state index is 12.1. The molecule has 0 bridgehead atoms. The second-order valence-corrected chi connectivity index (χ2v) is 5.31. The topological polar surface area (TPSA) is 56.8 Å². The van der Waals surface area contributed by atoms with Crippen LogP contribution >= 0.6 is 0 Å². The van der Waals surface area contributed by atoms with Crippen LogP contribution in [0.3, 0.4) is 0 Å². The first-order valence-corrected chi connectivity index (χ1v) is 7.22. The number of carbonyl (C=O) groups excluding carboxylic acids is 1. The van der Waals surface area contributed by atoms with E-state index >= 15 is 0 Å². The van der Waals surface area contributed by atoms with Crippen molar-refractivity contribution < 1.29 is 19.0 Å². The molecule has 0 aliphatic heterocycles. The summed E-state index contributed by atoms with van der Waals surface area (Å²) >= 11 is 0. The minimum absolute atomic E-state index is 0.0402.